The topological polar surface area (TPSA) is 114 Å². The average Bonchev–Trinajstić information content (AvgIpc) is 2.53. The molecule has 0 radical (unpaired) electrons. The Balaban J connectivity index is 0.000000443. The number of aryl methyl sites for hydroxylation is 2. The minimum absolute atomic E-state index is 0. The van der Waals surface area contributed by atoms with E-state index in [1.807, 2.05) is 13.8 Å². The molecule has 132 valence electrons. The van der Waals surface area contributed by atoms with Crippen LogP contribution in [0.1, 0.15) is 25.0 Å². The first-order valence-electron chi connectivity index (χ1n) is 7.18. The van der Waals surface area contributed by atoms with Crippen LogP contribution in [0.3, 0.4) is 0 Å². The van der Waals surface area contributed by atoms with Crippen molar-refractivity contribution in [3.63, 3.8) is 0 Å². The molecule has 0 heterocycles. The van der Waals surface area contributed by atoms with E-state index in [9.17, 15) is 25.9 Å². The Bertz CT molecular complexity index is 817. The predicted molar refractivity (Wildman–Crippen MR) is 87.6 cm³/mol. The molecule has 0 N–H and O–H groups in total. The molecule has 0 aromatic heterocycles. The summed E-state index contributed by atoms with van der Waals surface area (Å²) < 4.78 is 63.9. The van der Waals surface area contributed by atoms with Gasteiger partial charge >= 0.3 is 19.5 Å². The third kappa shape index (κ3) is 7.34. The molecule has 0 unspecified atom stereocenters. The van der Waals surface area contributed by atoms with Gasteiger partial charge in [0.1, 0.15) is 20.2 Å². The Labute approximate surface area is 161 Å². The molecule has 2 aromatic carbocycles. The van der Waals surface area contributed by atoms with Crippen LogP contribution in [0, 0.1) is 0 Å². The van der Waals surface area contributed by atoms with Gasteiger partial charge < -0.3 is 9.11 Å². The van der Waals surface area contributed by atoms with Gasteiger partial charge in [-0.15, -0.1) is 0 Å². The second kappa shape index (κ2) is 10.1. The van der Waals surface area contributed by atoms with Crippen LogP contribution in [0.2, 0.25) is 0 Å². The normalized spacial score (nSPS) is 11.0. The summed E-state index contributed by atoms with van der Waals surface area (Å²) in [6.45, 7) is 3.62. The van der Waals surface area contributed by atoms with Gasteiger partial charge in [-0.3, -0.25) is 0 Å². The standard InChI is InChI=1S/2C8H10O3S.Zn/c2*1-2-7-5-3-4-6-8(7)12(9,10)11;/h2*3-6H,2H2,1H3,(H,9,10,11);/q;;+2/p-2. The maximum Gasteiger partial charge on any atom is 2.00 e. The fourth-order valence-corrected chi connectivity index (χ4v) is 3.64. The van der Waals surface area contributed by atoms with Gasteiger partial charge in [-0.1, -0.05) is 50.2 Å². The van der Waals surface area contributed by atoms with E-state index in [4.69, 9.17) is 0 Å². The number of hydrogen-bond donors (Lipinski definition) is 0. The predicted octanol–water partition coefficient (Wildman–Crippen LogP) is 2.30. The van der Waals surface area contributed by atoms with E-state index in [0.29, 0.717) is 24.0 Å². The molecule has 0 saturated heterocycles. The molecule has 0 aliphatic rings. The summed E-state index contributed by atoms with van der Waals surface area (Å²) >= 11 is 0. The average molecular weight is 436 g/mol. The van der Waals surface area contributed by atoms with Crippen LogP contribution in [-0.4, -0.2) is 25.9 Å². The summed E-state index contributed by atoms with van der Waals surface area (Å²) in [6.07, 6.45) is 1.11. The van der Waals surface area contributed by atoms with E-state index >= 15 is 0 Å². The van der Waals surface area contributed by atoms with Crippen LogP contribution < -0.4 is 0 Å². The molecule has 0 bridgehead atoms. The second-order valence-corrected chi connectivity index (χ2v) is 7.53. The fourth-order valence-electron chi connectivity index (χ4n) is 2.08. The van der Waals surface area contributed by atoms with Gasteiger partial charge in [0.05, 0.1) is 9.79 Å². The van der Waals surface area contributed by atoms with Crippen molar-refractivity contribution in [2.45, 2.75) is 36.5 Å². The molecule has 0 amide bonds. The molecule has 25 heavy (non-hydrogen) atoms. The zero-order chi connectivity index (χ0) is 18.4. The molecule has 0 fully saturated rings. The third-order valence-electron chi connectivity index (χ3n) is 3.25. The van der Waals surface area contributed by atoms with Crippen molar-refractivity contribution >= 4 is 20.2 Å². The number of hydrogen-bond acceptors (Lipinski definition) is 6. The van der Waals surface area contributed by atoms with Crippen LogP contribution in [0.4, 0.5) is 0 Å². The zero-order valence-electron chi connectivity index (χ0n) is 14.0. The van der Waals surface area contributed by atoms with Crippen molar-refractivity contribution in [1.29, 1.82) is 0 Å². The van der Waals surface area contributed by atoms with Gasteiger partial charge in [0.25, 0.3) is 0 Å². The number of rotatable bonds is 4. The Morgan fingerprint density at radius 3 is 1.16 bits per heavy atom. The van der Waals surface area contributed by atoms with Gasteiger partial charge in [0.15, 0.2) is 0 Å². The van der Waals surface area contributed by atoms with Crippen molar-refractivity contribution in [3.05, 3.63) is 59.7 Å². The summed E-state index contributed by atoms with van der Waals surface area (Å²) in [7, 11) is -8.59. The van der Waals surface area contributed by atoms with E-state index < -0.39 is 20.2 Å². The zero-order valence-corrected chi connectivity index (χ0v) is 18.6. The molecule has 0 saturated carbocycles. The maximum atomic E-state index is 10.7. The Kier molecular flexibility index (Phi) is 9.68. The van der Waals surface area contributed by atoms with Gasteiger partial charge in [-0.25, -0.2) is 16.8 Å². The quantitative estimate of drug-likeness (QED) is 0.537. The first kappa shape index (κ1) is 23.9. The first-order valence-corrected chi connectivity index (χ1v) is 10.0. The van der Waals surface area contributed by atoms with Gasteiger partial charge in [0.2, 0.25) is 0 Å². The van der Waals surface area contributed by atoms with Crippen LogP contribution in [-0.2, 0) is 52.6 Å². The molecule has 2 aromatic rings. The second-order valence-electron chi connectivity index (χ2n) is 4.83. The van der Waals surface area contributed by atoms with Gasteiger partial charge in [0, 0.05) is 0 Å². The minimum atomic E-state index is -4.30. The Morgan fingerprint density at radius 2 is 0.960 bits per heavy atom. The maximum absolute atomic E-state index is 10.7. The van der Waals surface area contributed by atoms with E-state index in [-0.39, 0.29) is 29.3 Å². The van der Waals surface area contributed by atoms with E-state index in [0.717, 1.165) is 0 Å². The Hall–Kier alpha value is -1.12. The van der Waals surface area contributed by atoms with Gasteiger partial charge in [-0.05, 0) is 36.1 Å². The summed E-state index contributed by atoms with van der Waals surface area (Å²) in [5.74, 6) is 0. The molecule has 0 spiro atoms. The molecule has 0 atom stereocenters. The van der Waals surface area contributed by atoms with Crippen LogP contribution in [0.25, 0.3) is 0 Å². The summed E-state index contributed by atoms with van der Waals surface area (Å²) in [6, 6.07) is 12.5. The monoisotopic (exact) mass is 434 g/mol. The molecule has 0 aliphatic carbocycles. The third-order valence-corrected chi connectivity index (χ3v) is 5.12. The van der Waals surface area contributed by atoms with Crippen molar-refractivity contribution in [2.24, 2.45) is 0 Å². The van der Waals surface area contributed by atoms with E-state index in [1.165, 1.54) is 12.1 Å². The fraction of sp³-hybridized carbons (Fsp3) is 0.250. The summed E-state index contributed by atoms with van der Waals surface area (Å²) in [5, 5.41) is 0. The van der Waals surface area contributed by atoms with Crippen molar-refractivity contribution < 1.29 is 45.4 Å². The van der Waals surface area contributed by atoms with Crippen molar-refractivity contribution in [2.75, 3.05) is 0 Å². The molecule has 0 aliphatic heterocycles. The largest absolute Gasteiger partial charge is 2.00 e. The van der Waals surface area contributed by atoms with Crippen molar-refractivity contribution in [1.82, 2.24) is 0 Å². The van der Waals surface area contributed by atoms with Crippen LogP contribution in [0.5, 0.6) is 0 Å². The van der Waals surface area contributed by atoms with Crippen LogP contribution >= 0.6 is 0 Å². The smallest absolute Gasteiger partial charge is 0.744 e. The SMILES string of the molecule is CCc1ccccc1S(=O)(=O)[O-].CCc1ccccc1S(=O)(=O)[O-].[Zn+2]. The number of benzene rings is 2. The van der Waals surface area contributed by atoms with E-state index in [1.54, 1.807) is 36.4 Å². The van der Waals surface area contributed by atoms with Crippen LogP contribution in [0.15, 0.2) is 58.3 Å². The molecular weight excluding hydrogens is 418 g/mol. The molecule has 9 heteroatoms. The van der Waals surface area contributed by atoms with E-state index in [2.05, 4.69) is 0 Å². The first-order chi connectivity index (χ1) is 11.1. The minimum Gasteiger partial charge on any atom is -0.744 e. The molecule has 6 nitrogen and oxygen atoms in total. The molecular formula is C16H18O6S2Zn. The molecule has 2 rings (SSSR count). The summed E-state index contributed by atoms with van der Waals surface area (Å²) in [5.41, 5.74) is 1.15. The summed E-state index contributed by atoms with van der Waals surface area (Å²) in [4.78, 5) is -0.208. The van der Waals surface area contributed by atoms with Crippen molar-refractivity contribution in [3.8, 4) is 0 Å². The van der Waals surface area contributed by atoms with Gasteiger partial charge in [-0.2, -0.15) is 0 Å². The Morgan fingerprint density at radius 1 is 0.680 bits per heavy atom.